The summed E-state index contributed by atoms with van der Waals surface area (Å²) < 4.78 is 0. The zero-order chi connectivity index (χ0) is 10.7. The summed E-state index contributed by atoms with van der Waals surface area (Å²) in [5.74, 6) is 0. The molecular formula is C13H21NS. The SMILES string of the molecule is CCNc1sc2c(c1CC)CCCCC2. The number of hydrogen-bond donors (Lipinski definition) is 1. The second-order valence-electron chi connectivity index (χ2n) is 4.26. The first-order valence-electron chi connectivity index (χ1n) is 6.24. The van der Waals surface area contributed by atoms with Crippen LogP contribution < -0.4 is 5.32 Å². The molecule has 2 heteroatoms. The lowest BCUT2D eigenvalue weighted by Gasteiger charge is -2.05. The summed E-state index contributed by atoms with van der Waals surface area (Å²) in [5, 5.41) is 4.97. The number of hydrogen-bond acceptors (Lipinski definition) is 2. The molecule has 1 aliphatic carbocycles. The van der Waals surface area contributed by atoms with Crippen molar-refractivity contribution in [3.05, 3.63) is 16.0 Å². The average Bonchev–Trinajstić information content (AvgIpc) is 2.43. The van der Waals surface area contributed by atoms with Crippen LogP contribution in [0.25, 0.3) is 0 Å². The van der Waals surface area contributed by atoms with Crippen molar-refractivity contribution in [2.45, 2.75) is 52.4 Å². The van der Waals surface area contributed by atoms with Crippen LogP contribution in [-0.2, 0) is 19.3 Å². The molecule has 0 bridgehead atoms. The third kappa shape index (κ3) is 2.20. The smallest absolute Gasteiger partial charge is 0.0920 e. The van der Waals surface area contributed by atoms with E-state index in [4.69, 9.17) is 0 Å². The van der Waals surface area contributed by atoms with Crippen LogP contribution in [0, 0.1) is 0 Å². The molecule has 0 aliphatic heterocycles. The Labute approximate surface area is 96.9 Å². The van der Waals surface area contributed by atoms with Crippen molar-refractivity contribution in [2.24, 2.45) is 0 Å². The summed E-state index contributed by atoms with van der Waals surface area (Å²) in [6.45, 7) is 5.52. The van der Waals surface area contributed by atoms with E-state index in [-0.39, 0.29) is 0 Å². The van der Waals surface area contributed by atoms with Crippen molar-refractivity contribution < 1.29 is 0 Å². The lowest BCUT2D eigenvalue weighted by atomic mass is 10.0. The quantitative estimate of drug-likeness (QED) is 0.763. The van der Waals surface area contributed by atoms with Crippen LogP contribution in [0.15, 0.2) is 0 Å². The lowest BCUT2D eigenvalue weighted by molar-refractivity contribution is 0.711. The summed E-state index contributed by atoms with van der Waals surface area (Å²) in [7, 11) is 0. The summed E-state index contributed by atoms with van der Waals surface area (Å²) >= 11 is 2.01. The van der Waals surface area contributed by atoms with Gasteiger partial charge in [0, 0.05) is 11.4 Å². The number of thiophene rings is 1. The van der Waals surface area contributed by atoms with Gasteiger partial charge in [0.05, 0.1) is 5.00 Å². The van der Waals surface area contributed by atoms with Crippen LogP contribution in [0.2, 0.25) is 0 Å². The molecule has 15 heavy (non-hydrogen) atoms. The Morgan fingerprint density at radius 2 is 1.93 bits per heavy atom. The van der Waals surface area contributed by atoms with E-state index in [0.717, 1.165) is 6.54 Å². The molecule has 1 aromatic heterocycles. The maximum absolute atomic E-state index is 3.52. The average molecular weight is 223 g/mol. The standard InChI is InChI=1S/C13H21NS/c1-3-10-11-8-6-5-7-9-12(11)15-13(10)14-4-2/h14H,3-9H2,1-2H3. The molecule has 0 amide bonds. The van der Waals surface area contributed by atoms with Crippen molar-refractivity contribution >= 4 is 16.3 Å². The fourth-order valence-corrected chi connectivity index (χ4v) is 3.93. The Kier molecular flexibility index (Phi) is 3.68. The Bertz CT molecular complexity index is 327. The summed E-state index contributed by atoms with van der Waals surface area (Å²) in [5.41, 5.74) is 3.30. The molecule has 2 rings (SSSR count). The highest BCUT2D eigenvalue weighted by molar-refractivity contribution is 7.16. The maximum Gasteiger partial charge on any atom is 0.0920 e. The van der Waals surface area contributed by atoms with E-state index in [0.29, 0.717) is 0 Å². The van der Waals surface area contributed by atoms with E-state index in [9.17, 15) is 0 Å². The highest BCUT2D eigenvalue weighted by Gasteiger charge is 2.17. The minimum absolute atomic E-state index is 1.05. The van der Waals surface area contributed by atoms with Gasteiger partial charge in [-0.2, -0.15) is 0 Å². The Morgan fingerprint density at radius 3 is 2.67 bits per heavy atom. The molecule has 1 heterocycles. The molecule has 0 atom stereocenters. The van der Waals surface area contributed by atoms with Gasteiger partial charge in [-0.3, -0.25) is 0 Å². The van der Waals surface area contributed by atoms with Gasteiger partial charge < -0.3 is 5.32 Å². The molecule has 1 aliphatic rings. The Balaban J connectivity index is 2.34. The zero-order valence-corrected chi connectivity index (χ0v) is 10.7. The molecule has 1 aromatic rings. The highest BCUT2D eigenvalue weighted by atomic mass is 32.1. The normalized spacial score (nSPS) is 15.9. The molecule has 0 saturated carbocycles. The van der Waals surface area contributed by atoms with Crippen molar-refractivity contribution in [3.63, 3.8) is 0 Å². The zero-order valence-electron chi connectivity index (χ0n) is 9.86. The number of fused-ring (bicyclic) bond motifs is 1. The largest absolute Gasteiger partial charge is 0.377 e. The molecule has 0 saturated heterocycles. The highest BCUT2D eigenvalue weighted by Crippen LogP contribution is 2.37. The first-order chi connectivity index (χ1) is 7.36. The first-order valence-corrected chi connectivity index (χ1v) is 7.05. The fraction of sp³-hybridized carbons (Fsp3) is 0.692. The molecule has 1 nitrogen and oxygen atoms in total. The summed E-state index contributed by atoms with van der Waals surface area (Å²) in [4.78, 5) is 1.67. The van der Waals surface area contributed by atoms with Gasteiger partial charge in [0.15, 0.2) is 0 Å². The van der Waals surface area contributed by atoms with Gasteiger partial charge >= 0.3 is 0 Å². The predicted molar refractivity (Wildman–Crippen MR) is 69.1 cm³/mol. The predicted octanol–water partition coefficient (Wildman–Crippen LogP) is 4.01. The molecule has 0 fully saturated rings. The minimum atomic E-state index is 1.05. The van der Waals surface area contributed by atoms with Crippen LogP contribution in [0.1, 0.15) is 49.1 Å². The van der Waals surface area contributed by atoms with Gasteiger partial charge in [0.2, 0.25) is 0 Å². The van der Waals surface area contributed by atoms with Crippen molar-refractivity contribution in [1.82, 2.24) is 0 Å². The fourth-order valence-electron chi connectivity index (χ4n) is 2.49. The third-order valence-corrected chi connectivity index (χ3v) is 4.51. The van der Waals surface area contributed by atoms with Gasteiger partial charge in [0.25, 0.3) is 0 Å². The number of rotatable bonds is 3. The molecule has 1 N–H and O–H groups in total. The van der Waals surface area contributed by atoms with Crippen molar-refractivity contribution in [3.8, 4) is 0 Å². The van der Waals surface area contributed by atoms with Crippen LogP contribution in [0.4, 0.5) is 5.00 Å². The second kappa shape index (κ2) is 5.02. The number of aryl methyl sites for hydroxylation is 1. The monoisotopic (exact) mass is 223 g/mol. The van der Waals surface area contributed by atoms with E-state index in [1.54, 1.807) is 16.0 Å². The first kappa shape index (κ1) is 11.0. The van der Waals surface area contributed by atoms with Crippen LogP contribution in [-0.4, -0.2) is 6.54 Å². The van der Waals surface area contributed by atoms with Crippen LogP contribution >= 0.6 is 11.3 Å². The van der Waals surface area contributed by atoms with Gasteiger partial charge in [-0.1, -0.05) is 13.3 Å². The second-order valence-corrected chi connectivity index (χ2v) is 5.36. The molecule has 0 aromatic carbocycles. The van der Waals surface area contributed by atoms with Crippen LogP contribution in [0.5, 0.6) is 0 Å². The number of anilines is 1. The van der Waals surface area contributed by atoms with Gasteiger partial charge in [-0.15, -0.1) is 11.3 Å². The van der Waals surface area contributed by atoms with Gasteiger partial charge in [-0.25, -0.2) is 0 Å². The van der Waals surface area contributed by atoms with Crippen molar-refractivity contribution in [2.75, 3.05) is 11.9 Å². The Morgan fingerprint density at radius 1 is 1.13 bits per heavy atom. The third-order valence-electron chi connectivity index (χ3n) is 3.22. The van der Waals surface area contributed by atoms with Gasteiger partial charge in [0.1, 0.15) is 0 Å². The lowest BCUT2D eigenvalue weighted by Crippen LogP contribution is -1.98. The maximum atomic E-state index is 3.52. The number of nitrogens with one attached hydrogen (secondary N) is 1. The van der Waals surface area contributed by atoms with E-state index in [1.165, 1.54) is 43.5 Å². The molecule has 0 spiro atoms. The van der Waals surface area contributed by atoms with Crippen LogP contribution in [0.3, 0.4) is 0 Å². The van der Waals surface area contributed by atoms with E-state index in [2.05, 4.69) is 19.2 Å². The molecule has 84 valence electrons. The minimum Gasteiger partial charge on any atom is -0.377 e. The summed E-state index contributed by atoms with van der Waals surface area (Å²) in [6.07, 6.45) is 8.03. The Hall–Kier alpha value is -0.500. The molecule has 0 radical (unpaired) electrons. The van der Waals surface area contributed by atoms with E-state index < -0.39 is 0 Å². The van der Waals surface area contributed by atoms with E-state index >= 15 is 0 Å². The molecular weight excluding hydrogens is 202 g/mol. The summed E-state index contributed by atoms with van der Waals surface area (Å²) in [6, 6.07) is 0. The van der Waals surface area contributed by atoms with E-state index in [1.807, 2.05) is 11.3 Å². The molecule has 0 unspecified atom stereocenters. The van der Waals surface area contributed by atoms with Gasteiger partial charge in [-0.05, 0) is 50.2 Å². The topological polar surface area (TPSA) is 12.0 Å². The van der Waals surface area contributed by atoms with Crippen molar-refractivity contribution in [1.29, 1.82) is 0 Å².